The van der Waals surface area contributed by atoms with Gasteiger partial charge in [-0.3, -0.25) is 9.59 Å². The molecule has 1 aliphatic heterocycles. The second-order valence-corrected chi connectivity index (χ2v) is 13.3. The van der Waals surface area contributed by atoms with Gasteiger partial charge in [-0.05, 0) is 54.3 Å². The van der Waals surface area contributed by atoms with Gasteiger partial charge in [-0.15, -0.1) is 11.3 Å². The Labute approximate surface area is 227 Å². The molecule has 1 aromatic carbocycles. The van der Waals surface area contributed by atoms with Gasteiger partial charge in [-0.2, -0.15) is 4.31 Å². The Morgan fingerprint density at radius 2 is 1.89 bits per heavy atom. The van der Waals surface area contributed by atoms with E-state index in [0.717, 1.165) is 10.1 Å². The molecule has 3 heterocycles. The Bertz CT molecular complexity index is 1340. The number of nitrogens with one attached hydrogen (secondary N) is 2. The second kappa shape index (κ2) is 11.9. The average molecular weight is 559 g/mol. The number of hydrogen-bond acceptors (Lipinski definition) is 7. The van der Waals surface area contributed by atoms with Gasteiger partial charge in [0, 0.05) is 24.0 Å². The van der Waals surface area contributed by atoms with E-state index in [9.17, 15) is 23.1 Å². The van der Waals surface area contributed by atoms with Crippen molar-refractivity contribution in [3.8, 4) is 0 Å². The number of hydrogen-bond donors (Lipinski definition) is 3. The molecule has 3 aromatic rings. The van der Waals surface area contributed by atoms with Crippen molar-refractivity contribution in [2.24, 2.45) is 11.8 Å². The molecule has 4 atom stereocenters. The summed E-state index contributed by atoms with van der Waals surface area (Å²) < 4.78 is 28.5. The van der Waals surface area contributed by atoms with Crippen LogP contribution in [0, 0.1) is 11.8 Å². The fourth-order valence-electron chi connectivity index (χ4n) is 4.72. The van der Waals surface area contributed by atoms with Gasteiger partial charge in [0.2, 0.25) is 5.91 Å². The van der Waals surface area contributed by atoms with Crippen LogP contribution < -0.4 is 10.6 Å². The predicted molar refractivity (Wildman–Crippen MR) is 147 cm³/mol. The monoisotopic (exact) mass is 558 g/mol. The van der Waals surface area contributed by atoms with Gasteiger partial charge in [0.1, 0.15) is 6.04 Å². The topological polar surface area (TPSA) is 129 Å². The highest BCUT2D eigenvalue weighted by Crippen LogP contribution is 2.26. The lowest BCUT2D eigenvalue weighted by molar-refractivity contribution is -0.125. The smallest absolute Gasteiger partial charge is 0.262 e. The van der Waals surface area contributed by atoms with Crippen molar-refractivity contribution in [2.75, 3.05) is 13.1 Å². The van der Waals surface area contributed by atoms with Gasteiger partial charge in [0.15, 0.2) is 5.03 Å². The molecule has 1 saturated heterocycles. The number of thiophene rings is 1. The summed E-state index contributed by atoms with van der Waals surface area (Å²) in [4.78, 5) is 30.9. The number of benzene rings is 1. The molecule has 2 aromatic heterocycles. The number of sulfonamides is 1. The maximum absolute atomic E-state index is 13.4. The summed E-state index contributed by atoms with van der Waals surface area (Å²) in [5.41, 5.74) is 0. The van der Waals surface area contributed by atoms with Gasteiger partial charge >= 0.3 is 0 Å². The summed E-state index contributed by atoms with van der Waals surface area (Å²) >= 11 is 1.37. The minimum absolute atomic E-state index is 0.0807. The Morgan fingerprint density at radius 1 is 1.16 bits per heavy atom. The molecule has 0 bridgehead atoms. The van der Waals surface area contributed by atoms with Gasteiger partial charge < -0.3 is 15.7 Å². The molecule has 2 amide bonds. The molecular formula is C27H34N4O5S2. The van der Waals surface area contributed by atoms with Crippen LogP contribution in [0.2, 0.25) is 0 Å². The van der Waals surface area contributed by atoms with Crippen molar-refractivity contribution in [1.82, 2.24) is 19.9 Å². The van der Waals surface area contributed by atoms with E-state index >= 15 is 0 Å². The first kappa shape index (κ1) is 28.2. The zero-order valence-corrected chi connectivity index (χ0v) is 23.3. The van der Waals surface area contributed by atoms with Crippen LogP contribution in [0.15, 0.2) is 59.8 Å². The fourth-order valence-corrected chi connectivity index (χ4v) is 7.19. The first-order valence-electron chi connectivity index (χ1n) is 12.7. The maximum Gasteiger partial charge on any atom is 0.262 e. The van der Waals surface area contributed by atoms with Gasteiger partial charge in [-0.1, -0.05) is 45.0 Å². The van der Waals surface area contributed by atoms with Crippen LogP contribution in [-0.2, 0) is 14.8 Å². The number of pyridine rings is 1. The summed E-state index contributed by atoms with van der Waals surface area (Å²) in [6, 6.07) is 12.7. The average Bonchev–Trinajstić information content (AvgIpc) is 3.26. The maximum atomic E-state index is 13.4. The van der Waals surface area contributed by atoms with E-state index in [0.29, 0.717) is 17.7 Å². The summed E-state index contributed by atoms with van der Waals surface area (Å²) in [6.45, 7) is 5.84. The SMILES string of the molecule is CC(C)C[C@H](NC(=O)c1cc2ccccc2s1)C(=O)N[C@@H]1C[C@@H](C)CN(S(=O)(=O)c2ccccn2)C[C@H]1O. The summed E-state index contributed by atoms with van der Waals surface area (Å²) in [5.74, 6) is -0.724. The van der Waals surface area contributed by atoms with Crippen molar-refractivity contribution < 1.29 is 23.1 Å². The van der Waals surface area contributed by atoms with Crippen LogP contribution in [0.4, 0.5) is 0 Å². The number of β-amino-alcohol motifs (C(OH)–C–C–N with tert-alkyl or cyclic N) is 1. The number of rotatable bonds is 8. The predicted octanol–water partition coefficient (Wildman–Crippen LogP) is 3.02. The Kier molecular flexibility index (Phi) is 8.81. The number of aliphatic hydroxyl groups is 1. The quantitative estimate of drug-likeness (QED) is 0.390. The lowest BCUT2D eigenvalue weighted by atomic mass is 9.98. The van der Waals surface area contributed by atoms with Gasteiger partial charge in [-0.25, -0.2) is 13.4 Å². The number of nitrogens with zero attached hydrogens (tertiary/aromatic N) is 2. The molecule has 0 unspecified atom stereocenters. The Balaban J connectivity index is 1.47. The largest absolute Gasteiger partial charge is 0.390 e. The molecule has 204 valence electrons. The highest BCUT2D eigenvalue weighted by atomic mass is 32.2. The third kappa shape index (κ3) is 6.58. The number of aromatic nitrogens is 1. The van der Waals surface area contributed by atoms with E-state index in [1.807, 2.05) is 51.1 Å². The van der Waals surface area contributed by atoms with Crippen LogP contribution in [-0.4, -0.2) is 65.9 Å². The van der Waals surface area contributed by atoms with Crippen molar-refractivity contribution in [3.63, 3.8) is 0 Å². The molecule has 38 heavy (non-hydrogen) atoms. The number of carbonyl (C=O) groups is 2. The number of amides is 2. The summed E-state index contributed by atoms with van der Waals surface area (Å²) in [7, 11) is -3.90. The summed E-state index contributed by atoms with van der Waals surface area (Å²) in [5, 5.41) is 17.6. The molecule has 4 rings (SSSR count). The van der Waals surface area contributed by atoms with Crippen molar-refractivity contribution in [1.29, 1.82) is 0 Å². The molecule has 3 N–H and O–H groups in total. The van der Waals surface area contributed by atoms with E-state index < -0.39 is 34.1 Å². The molecule has 11 heteroatoms. The molecule has 0 spiro atoms. The van der Waals surface area contributed by atoms with E-state index in [4.69, 9.17) is 0 Å². The second-order valence-electron chi connectivity index (χ2n) is 10.3. The lowest BCUT2D eigenvalue weighted by Crippen LogP contribution is -2.54. The first-order chi connectivity index (χ1) is 18.0. The van der Waals surface area contributed by atoms with Crippen LogP contribution in [0.5, 0.6) is 0 Å². The third-order valence-corrected chi connectivity index (χ3v) is 9.44. The number of carbonyl (C=O) groups excluding carboxylic acids is 2. The first-order valence-corrected chi connectivity index (χ1v) is 15.0. The Morgan fingerprint density at radius 3 is 2.58 bits per heavy atom. The fraction of sp³-hybridized carbons (Fsp3) is 0.444. The minimum Gasteiger partial charge on any atom is -0.390 e. The van der Waals surface area contributed by atoms with E-state index in [1.54, 1.807) is 12.1 Å². The van der Waals surface area contributed by atoms with Crippen molar-refractivity contribution in [3.05, 3.63) is 59.6 Å². The van der Waals surface area contributed by atoms with E-state index in [2.05, 4.69) is 15.6 Å². The normalized spacial score (nSPS) is 21.7. The highest BCUT2D eigenvalue weighted by Gasteiger charge is 2.37. The molecule has 9 nitrogen and oxygen atoms in total. The zero-order valence-electron chi connectivity index (χ0n) is 21.7. The minimum atomic E-state index is -3.90. The van der Waals surface area contributed by atoms with E-state index in [1.165, 1.54) is 27.9 Å². The van der Waals surface area contributed by atoms with Crippen LogP contribution >= 0.6 is 11.3 Å². The van der Waals surface area contributed by atoms with Crippen molar-refractivity contribution in [2.45, 2.75) is 56.8 Å². The van der Waals surface area contributed by atoms with Gasteiger partial charge in [0.25, 0.3) is 15.9 Å². The van der Waals surface area contributed by atoms with E-state index in [-0.39, 0.29) is 35.9 Å². The van der Waals surface area contributed by atoms with Crippen molar-refractivity contribution >= 4 is 43.3 Å². The third-order valence-electron chi connectivity index (χ3n) is 6.57. The molecule has 1 aliphatic rings. The molecule has 1 fully saturated rings. The lowest BCUT2D eigenvalue weighted by Gasteiger charge is -2.27. The number of fused-ring (bicyclic) bond motifs is 1. The molecular weight excluding hydrogens is 524 g/mol. The zero-order chi connectivity index (χ0) is 27.4. The molecule has 0 radical (unpaired) electrons. The standard InChI is InChI=1S/C27H34N4O5S2/c1-17(2)12-21(30-27(34)24-14-19-8-4-5-9-23(19)37-24)26(33)29-20-13-18(3)15-31(16-22(20)32)38(35,36)25-10-6-7-11-28-25/h4-11,14,17-18,20-22,32H,12-13,15-16H2,1-3H3,(H,29,33)(H,30,34)/t18-,20-,21+,22-/m1/s1. The van der Waals surface area contributed by atoms with Crippen LogP contribution in [0.25, 0.3) is 10.1 Å². The van der Waals surface area contributed by atoms with Crippen LogP contribution in [0.1, 0.15) is 43.3 Å². The Hall–Kier alpha value is -2.86. The highest BCUT2D eigenvalue weighted by molar-refractivity contribution is 7.89. The van der Waals surface area contributed by atoms with Crippen LogP contribution in [0.3, 0.4) is 0 Å². The number of aliphatic hydroxyl groups excluding tert-OH is 1. The van der Waals surface area contributed by atoms with Gasteiger partial charge in [0.05, 0.1) is 17.0 Å². The molecule has 0 aliphatic carbocycles. The summed E-state index contributed by atoms with van der Waals surface area (Å²) in [6.07, 6.45) is 1.09. The molecule has 0 saturated carbocycles.